The van der Waals surface area contributed by atoms with Crippen LogP contribution in [0.25, 0.3) is 0 Å². The van der Waals surface area contributed by atoms with Crippen LogP contribution in [0.2, 0.25) is 0 Å². The van der Waals surface area contributed by atoms with Crippen molar-refractivity contribution in [2.75, 3.05) is 13.6 Å². The van der Waals surface area contributed by atoms with Gasteiger partial charge in [0.1, 0.15) is 0 Å². The van der Waals surface area contributed by atoms with Crippen molar-refractivity contribution < 1.29 is 19.5 Å². The molecule has 0 spiro atoms. The maximum atomic E-state index is 12.6. The van der Waals surface area contributed by atoms with Gasteiger partial charge in [-0.3, -0.25) is 14.4 Å². The highest BCUT2D eigenvalue weighted by atomic mass is 16.4. The average Bonchev–Trinajstić information content (AvgIpc) is 2.66. The minimum atomic E-state index is -0.957. The summed E-state index contributed by atoms with van der Waals surface area (Å²) in [6, 6.07) is 16.0. The van der Waals surface area contributed by atoms with Gasteiger partial charge in [-0.25, -0.2) is 0 Å². The molecule has 0 aliphatic rings. The molecule has 2 aromatic carbocycles. The lowest BCUT2D eigenvalue weighted by Crippen LogP contribution is -2.35. The zero-order chi connectivity index (χ0) is 19.8. The lowest BCUT2D eigenvalue weighted by molar-refractivity contribution is -0.138. The van der Waals surface area contributed by atoms with Gasteiger partial charge in [0.25, 0.3) is 5.91 Å². The summed E-state index contributed by atoms with van der Waals surface area (Å²) in [4.78, 5) is 37.2. The van der Waals surface area contributed by atoms with Crippen LogP contribution in [-0.2, 0) is 9.59 Å². The van der Waals surface area contributed by atoms with Crippen LogP contribution in [-0.4, -0.2) is 41.4 Å². The quantitative estimate of drug-likeness (QED) is 0.750. The van der Waals surface area contributed by atoms with Crippen molar-refractivity contribution in [3.8, 4) is 0 Å². The van der Waals surface area contributed by atoms with E-state index in [0.29, 0.717) is 5.56 Å². The van der Waals surface area contributed by atoms with Crippen LogP contribution in [0.3, 0.4) is 0 Å². The van der Waals surface area contributed by atoms with E-state index >= 15 is 0 Å². The SMILES string of the molecule is Cc1ccc(C(=O)NC(CC(=O)N(C)CCC(=O)O)c2ccccc2)cc1. The third-order valence-electron chi connectivity index (χ3n) is 4.29. The van der Waals surface area contributed by atoms with Crippen molar-refractivity contribution in [3.63, 3.8) is 0 Å². The number of aliphatic carboxylic acids is 1. The Kier molecular flexibility index (Phi) is 7.11. The molecule has 27 heavy (non-hydrogen) atoms. The zero-order valence-corrected chi connectivity index (χ0v) is 15.5. The molecule has 0 aromatic heterocycles. The Morgan fingerprint density at radius 1 is 1.04 bits per heavy atom. The molecule has 2 aromatic rings. The standard InChI is InChI=1S/C21H24N2O4/c1-15-8-10-17(11-9-15)21(27)22-18(16-6-4-3-5-7-16)14-19(24)23(2)13-12-20(25)26/h3-11,18H,12-14H2,1-2H3,(H,22,27)(H,25,26). The molecular formula is C21H24N2O4. The second-order valence-electron chi connectivity index (χ2n) is 6.47. The smallest absolute Gasteiger partial charge is 0.305 e. The lowest BCUT2D eigenvalue weighted by atomic mass is 10.0. The Balaban J connectivity index is 2.12. The fraction of sp³-hybridized carbons (Fsp3) is 0.286. The fourth-order valence-electron chi connectivity index (χ4n) is 2.60. The molecule has 1 unspecified atom stereocenters. The number of carboxylic acid groups (broad SMARTS) is 1. The number of benzene rings is 2. The minimum absolute atomic E-state index is 0.0533. The number of carbonyl (C=O) groups excluding carboxylic acids is 2. The molecule has 0 bridgehead atoms. The molecule has 2 amide bonds. The summed E-state index contributed by atoms with van der Waals surface area (Å²) in [5.41, 5.74) is 2.40. The fourth-order valence-corrected chi connectivity index (χ4v) is 2.60. The maximum absolute atomic E-state index is 12.6. The highest BCUT2D eigenvalue weighted by Gasteiger charge is 2.21. The molecule has 0 saturated heterocycles. The van der Waals surface area contributed by atoms with Gasteiger partial charge in [0.15, 0.2) is 0 Å². The van der Waals surface area contributed by atoms with E-state index in [0.717, 1.165) is 11.1 Å². The molecule has 1 atom stereocenters. The van der Waals surface area contributed by atoms with Crippen LogP contribution in [0.1, 0.15) is 40.4 Å². The van der Waals surface area contributed by atoms with Crippen molar-refractivity contribution in [3.05, 3.63) is 71.3 Å². The van der Waals surface area contributed by atoms with Crippen molar-refractivity contribution in [1.29, 1.82) is 0 Å². The number of hydrogen-bond acceptors (Lipinski definition) is 3. The van der Waals surface area contributed by atoms with Crippen LogP contribution in [0.4, 0.5) is 0 Å². The van der Waals surface area contributed by atoms with Gasteiger partial charge in [0, 0.05) is 19.2 Å². The molecule has 142 valence electrons. The summed E-state index contributed by atoms with van der Waals surface area (Å²) in [7, 11) is 1.56. The van der Waals surface area contributed by atoms with Crippen molar-refractivity contribution >= 4 is 17.8 Å². The summed E-state index contributed by atoms with van der Waals surface area (Å²) < 4.78 is 0. The first kappa shape index (κ1) is 20.2. The Morgan fingerprint density at radius 3 is 2.26 bits per heavy atom. The van der Waals surface area contributed by atoms with Crippen LogP contribution in [0.15, 0.2) is 54.6 Å². The molecule has 0 fully saturated rings. The number of aryl methyl sites for hydroxylation is 1. The van der Waals surface area contributed by atoms with Gasteiger partial charge >= 0.3 is 5.97 Å². The molecule has 2 N–H and O–H groups in total. The van der Waals surface area contributed by atoms with Gasteiger partial charge in [0.05, 0.1) is 18.9 Å². The summed E-state index contributed by atoms with van der Waals surface area (Å²) >= 11 is 0. The molecule has 0 saturated carbocycles. The van der Waals surface area contributed by atoms with Crippen LogP contribution >= 0.6 is 0 Å². The molecule has 6 nitrogen and oxygen atoms in total. The van der Waals surface area contributed by atoms with Crippen molar-refractivity contribution in [2.24, 2.45) is 0 Å². The van der Waals surface area contributed by atoms with Gasteiger partial charge in [-0.1, -0.05) is 48.0 Å². The summed E-state index contributed by atoms with van der Waals surface area (Å²) in [6.45, 7) is 2.07. The number of nitrogens with zero attached hydrogens (tertiary/aromatic N) is 1. The Morgan fingerprint density at radius 2 is 1.67 bits per heavy atom. The first-order valence-corrected chi connectivity index (χ1v) is 8.75. The summed E-state index contributed by atoms with van der Waals surface area (Å²) in [6.07, 6.45) is -0.0638. The second kappa shape index (κ2) is 9.52. The van der Waals surface area contributed by atoms with E-state index in [-0.39, 0.29) is 31.2 Å². The van der Waals surface area contributed by atoms with E-state index in [4.69, 9.17) is 5.11 Å². The first-order valence-electron chi connectivity index (χ1n) is 8.75. The van der Waals surface area contributed by atoms with Gasteiger partial charge in [-0.05, 0) is 24.6 Å². The predicted molar refractivity (Wildman–Crippen MR) is 102 cm³/mol. The maximum Gasteiger partial charge on any atom is 0.305 e. The lowest BCUT2D eigenvalue weighted by Gasteiger charge is -2.23. The van der Waals surface area contributed by atoms with E-state index < -0.39 is 12.0 Å². The summed E-state index contributed by atoms with van der Waals surface area (Å²) in [5, 5.41) is 11.7. The highest BCUT2D eigenvalue weighted by molar-refractivity contribution is 5.94. The van der Waals surface area contributed by atoms with E-state index in [1.165, 1.54) is 4.90 Å². The number of hydrogen-bond donors (Lipinski definition) is 2. The van der Waals surface area contributed by atoms with Crippen LogP contribution in [0.5, 0.6) is 0 Å². The van der Waals surface area contributed by atoms with Crippen LogP contribution in [0, 0.1) is 6.92 Å². The van der Waals surface area contributed by atoms with Gasteiger partial charge < -0.3 is 15.3 Å². The molecule has 0 aliphatic heterocycles. The number of nitrogens with one attached hydrogen (secondary N) is 1. The van der Waals surface area contributed by atoms with E-state index in [1.54, 1.807) is 19.2 Å². The van der Waals surface area contributed by atoms with Crippen LogP contribution < -0.4 is 5.32 Å². The normalized spacial score (nSPS) is 11.5. The topological polar surface area (TPSA) is 86.7 Å². The van der Waals surface area contributed by atoms with E-state index in [1.807, 2.05) is 49.4 Å². The number of carbonyl (C=O) groups is 3. The van der Waals surface area contributed by atoms with Crippen molar-refractivity contribution in [1.82, 2.24) is 10.2 Å². The largest absolute Gasteiger partial charge is 0.481 e. The molecule has 6 heteroatoms. The molecule has 2 rings (SSSR count). The molecular weight excluding hydrogens is 344 g/mol. The third kappa shape index (κ3) is 6.26. The molecule has 0 radical (unpaired) electrons. The zero-order valence-electron chi connectivity index (χ0n) is 15.5. The predicted octanol–water partition coefficient (Wildman–Crippen LogP) is 2.79. The third-order valence-corrected chi connectivity index (χ3v) is 4.29. The molecule has 0 heterocycles. The Labute approximate surface area is 158 Å². The number of amides is 2. The van der Waals surface area contributed by atoms with Gasteiger partial charge in [-0.2, -0.15) is 0 Å². The summed E-state index contributed by atoms with van der Waals surface area (Å²) in [5.74, 6) is -1.44. The Hall–Kier alpha value is -3.15. The van der Waals surface area contributed by atoms with Gasteiger partial charge in [-0.15, -0.1) is 0 Å². The second-order valence-corrected chi connectivity index (χ2v) is 6.47. The highest BCUT2D eigenvalue weighted by Crippen LogP contribution is 2.19. The van der Waals surface area contributed by atoms with E-state index in [2.05, 4.69) is 5.32 Å². The average molecular weight is 368 g/mol. The minimum Gasteiger partial charge on any atom is -0.481 e. The monoisotopic (exact) mass is 368 g/mol. The Bertz CT molecular complexity index is 788. The number of rotatable bonds is 8. The van der Waals surface area contributed by atoms with E-state index in [9.17, 15) is 14.4 Å². The first-order chi connectivity index (χ1) is 12.9. The van der Waals surface area contributed by atoms with Gasteiger partial charge in [0.2, 0.25) is 5.91 Å². The number of carboxylic acids is 1. The van der Waals surface area contributed by atoms with Crippen molar-refractivity contribution in [2.45, 2.75) is 25.8 Å². The molecule has 0 aliphatic carbocycles.